The van der Waals surface area contributed by atoms with Crippen molar-refractivity contribution < 1.29 is 18.6 Å². The van der Waals surface area contributed by atoms with E-state index in [4.69, 9.17) is 0 Å². The zero-order valence-corrected chi connectivity index (χ0v) is 17.2. The van der Waals surface area contributed by atoms with Crippen molar-refractivity contribution in [2.24, 2.45) is 0 Å². The van der Waals surface area contributed by atoms with Gasteiger partial charge in [-0.1, -0.05) is 71.4 Å². The Bertz CT molecular complexity index is 1090. The summed E-state index contributed by atoms with van der Waals surface area (Å²) in [6.45, 7) is 0. The molecule has 6 rings (SSSR count). The van der Waals surface area contributed by atoms with E-state index < -0.39 is 0 Å². The van der Waals surface area contributed by atoms with Gasteiger partial charge in [0.1, 0.15) is 0 Å². The van der Waals surface area contributed by atoms with Gasteiger partial charge in [0.15, 0.2) is 0 Å². The molecule has 0 amide bonds. The first-order valence-corrected chi connectivity index (χ1v) is 9.45. The van der Waals surface area contributed by atoms with Crippen LogP contribution in [0.25, 0.3) is 43.1 Å². The van der Waals surface area contributed by atoms with E-state index in [-0.39, 0.29) is 18.6 Å². The van der Waals surface area contributed by atoms with Crippen LogP contribution < -0.4 is 0 Å². The van der Waals surface area contributed by atoms with Crippen LogP contribution in [-0.2, 0) is 18.6 Å². The quantitative estimate of drug-likeness (QED) is 0.180. The summed E-state index contributed by atoms with van der Waals surface area (Å²) in [6, 6.07) is 44.3. The molecule has 0 unspecified atom stereocenters. The van der Waals surface area contributed by atoms with E-state index in [1.165, 1.54) is 43.1 Å². The largest absolute Gasteiger partial charge is 2.00 e. The van der Waals surface area contributed by atoms with E-state index in [1.807, 2.05) is 24.3 Å². The van der Waals surface area contributed by atoms with Crippen molar-refractivity contribution in [3.05, 3.63) is 121 Å². The first-order chi connectivity index (χ1) is 13.9. The van der Waals surface area contributed by atoms with Gasteiger partial charge in [0, 0.05) is 0 Å². The van der Waals surface area contributed by atoms with Crippen LogP contribution >= 0.6 is 0 Å². The molecule has 1 heteroatoms. The Labute approximate surface area is 182 Å². The second-order valence-electron chi connectivity index (χ2n) is 6.91. The maximum Gasteiger partial charge on any atom is 2.00 e. The maximum absolute atomic E-state index is 3.24. The predicted molar refractivity (Wildman–Crippen MR) is 121 cm³/mol. The Hall–Kier alpha value is -3.06. The van der Waals surface area contributed by atoms with Gasteiger partial charge in [0.05, 0.1) is 0 Å². The predicted octanol–water partition coefficient (Wildman–Crippen LogP) is 7.58. The molecule has 0 saturated carbocycles. The fourth-order valence-electron chi connectivity index (χ4n) is 3.62. The molecule has 0 aromatic heterocycles. The molecule has 0 bridgehead atoms. The first kappa shape index (κ1) is 19.3. The topological polar surface area (TPSA) is 0 Å². The van der Waals surface area contributed by atoms with E-state index in [0.29, 0.717) is 0 Å². The van der Waals surface area contributed by atoms with Gasteiger partial charge >= 0.3 is 18.6 Å². The molecule has 0 N–H and O–H groups in total. The van der Waals surface area contributed by atoms with Gasteiger partial charge in [0.25, 0.3) is 0 Å². The number of hydrogen-bond acceptors (Lipinski definition) is 0. The maximum atomic E-state index is 3.24. The minimum atomic E-state index is 0. The molecule has 0 fully saturated rings. The monoisotopic (exact) mass is 405 g/mol. The molecule has 1 radical (unpaired) electrons. The number of benzene rings is 6. The zero-order valence-electron chi connectivity index (χ0n) is 15.8. The van der Waals surface area contributed by atoms with Crippen molar-refractivity contribution in [3.63, 3.8) is 0 Å². The van der Waals surface area contributed by atoms with Crippen LogP contribution in [0.2, 0.25) is 0 Å². The summed E-state index contributed by atoms with van der Waals surface area (Å²) in [5, 5.41) is 10.0. The third-order valence-corrected chi connectivity index (χ3v) is 5.06. The van der Waals surface area contributed by atoms with Gasteiger partial charge in [-0.3, -0.25) is 0 Å². The summed E-state index contributed by atoms with van der Waals surface area (Å²) in [6.07, 6.45) is 0. The van der Waals surface area contributed by atoms with Gasteiger partial charge in [-0.2, -0.15) is 0 Å². The fourth-order valence-corrected chi connectivity index (χ4v) is 3.62. The molecule has 0 heterocycles. The Morgan fingerprint density at radius 3 is 1.14 bits per heavy atom. The summed E-state index contributed by atoms with van der Waals surface area (Å²) >= 11 is 0. The Morgan fingerprint density at radius 2 is 0.724 bits per heavy atom. The summed E-state index contributed by atoms with van der Waals surface area (Å²) in [7, 11) is 0. The molecule has 0 saturated heterocycles. The number of hydrogen-bond donors (Lipinski definition) is 0. The molecule has 0 atom stereocenters. The summed E-state index contributed by atoms with van der Waals surface area (Å²) in [5.74, 6) is 0. The SMILES string of the molecule is [V+2].[c-]1cccc2cc3ccccc3cc12.[c-]1cccc2cc3ccccc3cc12. The smallest absolute Gasteiger partial charge is 0.147 e. The minimum absolute atomic E-state index is 0. The van der Waals surface area contributed by atoms with Crippen molar-refractivity contribution in [1.29, 1.82) is 0 Å². The van der Waals surface area contributed by atoms with Crippen LogP contribution in [0.15, 0.2) is 109 Å². The van der Waals surface area contributed by atoms with Crippen LogP contribution in [0.5, 0.6) is 0 Å². The summed E-state index contributed by atoms with van der Waals surface area (Å²) in [4.78, 5) is 0. The summed E-state index contributed by atoms with van der Waals surface area (Å²) < 4.78 is 0. The Kier molecular flexibility index (Phi) is 5.67. The fraction of sp³-hybridized carbons (Fsp3) is 0. The van der Waals surface area contributed by atoms with Crippen molar-refractivity contribution in [2.45, 2.75) is 0 Å². The molecule has 135 valence electrons. The molecule has 29 heavy (non-hydrogen) atoms. The van der Waals surface area contributed by atoms with E-state index in [1.54, 1.807) is 0 Å². The molecule has 0 nitrogen and oxygen atoms in total. The van der Waals surface area contributed by atoms with E-state index >= 15 is 0 Å². The van der Waals surface area contributed by atoms with Gasteiger partial charge in [0.2, 0.25) is 0 Å². The number of fused-ring (bicyclic) bond motifs is 4. The van der Waals surface area contributed by atoms with Crippen molar-refractivity contribution in [3.8, 4) is 0 Å². The zero-order chi connectivity index (χ0) is 18.8. The molecule has 0 spiro atoms. The molecule has 0 aliphatic heterocycles. The molecule has 6 aromatic rings. The first-order valence-electron chi connectivity index (χ1n) is 9.45. The summed E-state index contributed by atoms with van der Waals surface area (Å²) in [5.41, 5.74) is 0. The molecule has 0 aliphatic rings. The van der Waals surface area contributed by atoms with Crippen molar-refractivity contribution in [1.82, 2.24) is 0 Å². The van der Waals surface area contributed by atoms with Crippen LogP contribution in [0, 0.1) is 12.1 Å². The van der Waals surface area contributed by atoms with Gasteiger partial charge in [-0.15, -0.1) is 82.2 Å². The minimum Gasteiger partial charge on any atom is -0.147 e. The van der Waals surface area contributed by atoms with Gasteiger partial charge < -0.3 is 0 Å². The molecular weight excluding hydrogens is 387 g/mol. The van der Waals surface area contributed by atoms with Crippen molar-refractivity contribution in [2.75, 3.05) is 0 Å². The molecule has 0 aliphatic carbocycles. The molecular formula is C28H18V. The Morgan fingerprint density at radius 1 is 0.379 bits per heavy atom. The average Bonchev–Trinajstić information content (AvgIpc) is 2.76. The van der Waals surface area contributed by atoms with E-state index in [9.17, 15) is 0 Å². The standard InChI is InChI=1S/2C14H9.V/c2*1-2-6-12-10-14-8-4-3-7-13(14)9-11(12)5-1;/h2*1-7,9-10H;/q2*-1;+2. The molecule has 6 aromatic carbocycles. The van der Waals surface area contributed by atoms with Crippen LogP contribution in [-0.4, -0.2) is 0 Å². The van der Waals surface area contributed by atoms with E-state index in [0.717, 1.165) is 0 Å². The average molecular weight is 405 g/mol. The van der Waals surface area contributed by atoms with Crippen LogP contribution in [0.4, 0.5) is 0 Å². The Balaban J connectivity index is 0.000000137. The van der Waals surface area contributed by atoms with Crippen LogP contribution in [0.1, 0.15) is 0 Å². The second-order valence-corrected chi connectivity index (χ2v) is 6.91. The third-order valence-electron chi connectivity index (χ3n) is 5.06. The normalized spacial score (nSPS) is 10.5. The second kappa shape index (κ2) is 8.53. The number of rotatable bonds is 0. The van der Waals surface area contributed by atoms with Gasteiger partial charge in [-0.25, -0.2) is 0 Å². The van der Waals surface area contributed by atoms with Crippen LogP contribution in [0.3, 0.4) is 0 Å². The third kappa shape index (κ3) is 4.05. The van der Waals surface area contributed by atoms with E-state index in [2.05, 4.69) is 97.1 Å². The van der Waals surface area contributed by atoms with Gasteiger partial charge in [-0.05, 0) is 10.8 Å². The van der Waals surface area contributed by atoms with Crippen molar-refractivity contribution >= 4 is 43.1 Å².